The van der Waals surface area contributed by atoms with Gasteiger partial charge in [-0.2, -0.15) is 5.01 Å². The molecule has 0 aromatic heterocycles. The maximum absolute atomic E-state index is 10.1. The van der Waals surface area contributed by atoms with Gasteiger partial charge in [0.15, 0.2) is 0 Å². The Labute approximate surface area is 125 Å². The molecular weight excluding hydrogens is 295 g/mol. The molecular formula is C14H23FN2O3S. The minimum atomic E-state index is -5.42. The van der Waals surface area contributed by atoms with Crippen LogP contribution in [0.3, 0.4) is 0 Å². The second-order valence-corrected chi connectivity index (χ2v) is 8.05. The average molecular weight is 318 g/mol. The van der Waals surface area contributed by atoms with Gasteiger partial charge in [0, 0.05) is 26.3 Å². The standard InChI is InChI=1S/C14H22N2.FHO3S/c1-15-3-2-4-16(15)14-8-11-5-12(9-14)7-13(6-11)10-14;1-5(2,3)4/h2,4,11-13H,3,5-10H2,1H3;(H,2,3,4). The zero-order valence-corrected chi connectivity index (χ0v) is 13.1. The van der Waals surface area contributed by atoms with E-state index in [-0.39, 0.29) is 0 Å². The summed E-state index contributed by atoms with van der Waals surface area (Å²) >= 11 is 0. The van der Waals surface area contributed by atoms with Crippen molar-refractivity contribution in [2.45, 2.75) is 44.1 Å². The fourth-order valence-corrected chi connectivity index (χ4v) is 5.55. The van der Waals surface area contributed by atoms with Gasteiger partial charge < -0.3 is 4.55 Å². The van der Waals surface area contributed by atoms with Crippen molar-refractivity contribution >= 4 is 10.5 Å². The van der Waals surface area contributed by atoms with Crippen LogP contribution < -0.4 is 5.01 Å². The van der Waals surface area contributed by atoms with Gasteiger partial charge in [0.05, 0.1) is 6.54 Å². The highest BCUT2D eigenvalue weighted by atomic mass is 32.3. The number of hydrogen-bond acceptors (Lipinski definition) is 4. The van der Waals surface area contributed by atoms with E-state index < -0.39 is 10.5 Å². The Kier molecular flexibility index (Phi) is 3.88. The molecule has 120 valence electrons. The highest BCUT2D eigenvalue weighted by Gasteiger charge is 2.57. The minimum Gasteiger partial charge on any atom is -0.722 e. The molecule has 1 heterocycles. The molecule has 0 spiro atoms. The van der Waals surface area contributed by atoms with Crippen LogP contribution in [0, 0.1) is 17.8 Å². The van der Waals surface area contributed by atoms with E-state index in [1.165, 1.54) is 19.3 Å². The summed E-state index contributed by atoms with van der Waals surface area (Å²) in [5.41, 5.74) is 0.608. The van der Waals surface area contributed by atoms with Gasteiger partial charge in [0.1, 0.15) is 11.7 Å². The molecule has 21 heavy (non-hydrogen) atoms. The molecule has 0 aromatic carbocycles. The van der Waals surface area contributed by atoms with Crippen molar-refractivity contribution in [1.82, 2.24) is 5.01 Å². The molecule has 4 aliphatic carbocycles. The average Bonchev–Trinajstić information content (AvgIpc) is 2.72. The van der Waals surface area contributed by atoms with Gasteiger partial charge in [-0.3, -0.25) is 0 Å². The zero-order chi connectivity index (χ0) is 15.3. The summed E-state index contributed by atoms with van der Waals surface area (Å²) in [7, 11) is -3.13. The fraction of sp³-hybridized carbons (Fsp3) is 0.857. The molecule has 5 rings (SSSR count). The molecule has 1 aliphatic heterocycles. The lowest BCUT2D eigenvalue weighted by Crippen LogP contribution is -3.21. The molecule has 1 N–H and O–H groups in total. The van der Waals surface area contributed by atoms with Crippen LogP contribution in [0.2, 0.25) is 0 Å². The lowest BCUT2D eigenvalue weighted by atomic mass is 9.53. The van der Waals surface area contributed by atoms with Crippen LogP contribution in [-0.2, 0) is 10.5 Å². The van der Waals surface area contributed by atoms with Crippen molar-refractivity contribution in [1.29, 1.82) is 0 Å². The summed E-state index contributed by atoms with van der Waals surface area (Å²) in [5, 5.41) is 4.19. The van der Waals surface area contributed by atoms with Gasteiger partial charge >= 0.3 is 0 Å². The molecule has 4 saturated carbocycles. The summed E-state index contributed by atoms with van der Waals surface area (Å²) in [6, 6.07) is 0. The van der Waals surface area contributed by atoms with Crippen molar-refractivity contribution in [3.63, 3.8) is 0 Å². The first-order valence-electron chi connectivity index (χ1n) is 7.66. The van der Waals surface area contributed by atoms with Gasteiger partial charge in [-0.15, -0.1) is 3.89 Å². The van der Waals surface area contributed by atoms with Gasteiger partial charge in [-0.05, 0) is 43.1 Å². The van der Waals surface area contributed by atoms with E-state index in [2.05, 4.69) is 24.3 Å². The lowest BCUT2D eigenvalue weighted by molar-refractivity contribution is -1.01. The van der Waals surface area contributed by atoms with Gasteiger partial charge in [0.2, 0.25) is 0 Å². The smallest absolute Gasteiger partial charge is 0.255 e. The number of likely N-dealkylation sites (N-methyl/N-ethyl adjacent to an activating group) is 1. The van der Waals surface area contributed by atoms with Gasteiger partial charge in [0.25, 0.3) is 10.5 Å². The number of rotatable bonds is 1. The van der Waals surface area contributed by atoms with Crippen LogP contribution in [0.25, 0.3) is 0 Å². The van der Waals surface area contributed by atoms with E-state index in [0.717, 1.165) is 24.3 Å². The zero-order valence-electron chi connectivity index (χ0n) is 12.3. The van der Waals surface area contributed by atoms with Gasteiger partial charge in [-0.1, -0.05) is 0 Å². The Hall–Kier alpha value is -0.500. The highest BCUT2D eigenvalue weighted by Crippen LogP contribution is 2.54. The van der Waals surface area contributed by atoms with Crippen LogP contribution >= 0.6 is 0 Å². The second-order valence-electron chi connectivity index (χ2n) is 7.26. The first-order valence-corrected chi connectivity index (χ1v) is 8.97. The van der Waals surface area contributed by atoms with E-state index in [1.54, 1.807) is 24.3 Å². The second kappa shape index (κ2) is 5.30. The third-order valence-corrected chi connectivity index (χ3v) is 5.65. The third-order valence-electron chi connectivity index (χ3n) is 5.65. The molecule has 1 unspecified atom stereocenters. The van der Waals surface area contributed by atoms with Crippen LogP contribution in [0.15, 0.2) is 12.3 Å². The Morgan fingerprint density at radius 1 is 1.19 bits per heavy atom. The first-order chi connectivity index (χ1) is 9.75. The van der Waals surface area contributed by atoms with Crippen LogP contribution in [0.4, 0.5) is 3.89 Å². The Morgan fingerprint density at radius 3 is 1.95 bits per heavy atom. The van der Waals surface area contributed by atoms with Crippen molar-refractivity contribution in [2.24, 2.45) is 17.8 Å². The lowest BCUT2D eigenvalue weighted by Gasteiger charge is -2.57. The first kappa shape index (κ1) is 15.4. The number of nitrogens with zero attached hydrogens (tertiary/aromatic N) is 1. The molecule has 4 bridgehead atoms. The summed E-state index contributed by atoms with van der Waals surface area (Å²) in [6.45, 7) is 1.15. The summed E-state index contributed by atoms with van der Waals surface area (Å²) in [5.74, 6) is 3.21. The maximum Gasteiger partial charge on any atom is 0.255 e. The predicted octanol–water partition coefficient (Wildman–Crippen LogP) is 0.630. The number of nitrogens with one attached hydrogen (secondary N) is 1. The minimum absolute atomic E-state index is 0.608. The van der Waals surface area contributed by atoms with E-state index in [0.29, 0.717) is 5.54 Å². The Bertz CT molecular complexity index is 491. The molecule has 5 nitrogen and oxygen atoms in total. The van der Waals surface area contributed by atoms with Crippen molar-refractivity contribution in [3.8, 4) is 0 Å². The van der Waals surface area contributed by atoms with Crippen LogP contribution in [-0.4, -0.2) is 37.1 Å². The van der Waals surface area contributed by atoms with E-state index in [1.807, 2.05) is 0 Å². The fourth-order valence-electron chi connectivity index (χ4n) is 5.55. The molecule has 1 atom stereocenters. The summed E-state index contributed by atoms with van der Waals surface area (Å²) in [4.78, 5) is 0. The monoisotopic (exact) mass is 318 g/mol. The van der Waals surface area contributed by atoms with Crippen molar-refractivity contribution in [3.05, 3.63) is 12.3 Å². The van der Waals surface area contributed by atoms with Crippen molar-refractivity contribution in [2.75, 3.05) is 13.6 Å². The highest BCUT2D eigenvalue weighted by molar-refractivity contribution is 7.80. The normalized spacial score (nSPS) is 44.7. The summed E-state index contributed by atoms with van der Waals surface area (Å²) in [6.07, 6.45) is 14.0. The quantitative estimate of drug-likeness (QED) is 0.569. The number of hydrogen-bond donors (Lipinski definition) is 1. The molecule has 0 radical (unpaired) electrons. The maximum atomic E-state index is 10.1. The van der Waals surface area contributed by atoms with Crippen LogP contribution in [0.1, 0.15) is 38.5 Å². The van der Waals surface area contributed by atoms with E-state index in [4.69, 9.17) is 13.0 Å². The van der Waals surface area contributed by atoms with Crippen LogP contribution in [0.5, 0.6) is 0 Å². The SMILES string of the molecule is CN1CC=C[NH+]1C12CC3CC(CC(C3)C1)C2.O=S(=O)([O-])F. The number of quaternary nitrogens is 1. The summed E-state index contributed by atoms with van der Waals surface area (Å²) < 4.78 is 35.3. The molecule has 0 aromatic rings. The molecule has 7 heteroatoms. The van der Waals surface area contributed by atoms with E-state index in [9.17, 15) is 3.89 Å². The van der Waals surface area contributed by atoms with Gasteiger partial charge in [-0.25, -0.2) is 13.4 Å². The topological polar surface area (TPSA) is 64.9 Å². The largest absolute Gasteiger partial charge is 0.722 e. The molecule has 0 amide bonds. The predicted molar refractivity (Wildman–Crippen MR) is 74.4 cm³/mol. The molecule has 0 saturated heterocycles. The molecule has 5 aliphatic rings. The molecule has 4 fully saturated rings. The Morgan fingerprint density at radius 2 is 1.62 bits per heavy atom. The van der Waals surface area contributed by atoms with Crippen molar-refractivity contribution < 1.29 is 21.9 Å². The third kappa shape index (κ3) is 3.31. The van der Waals surface area contributed by atoms with E-state index >= 15 is 0 Å². The number of halogens is 1. The Balaban J connectivity index is 0.000000233.